The van der Waals surface area contributed by atoms with Crippen molar-refractivity contribution in [3.8, 4) is 11.4 Å². The highest BCUT2D eigenvalue weighted by atomic mass is 16.5. The van der Waals surface area contributed by atoms with Crippen molar-refractivity contribution in [2.24, 2.45) is 0 Å². The summed E-state index contributed by atoms with van der Waals surface area (Å²) in [5, 5.41) is 9.06. The van der Waals surface area contributed by atoms with Gasteiger partial charge in [-0.05, 0) is 43.7 Å². The summed E-state index contributed by atoms with van der Waals surface area (Å²) in [4.78, 5) is 27.7. The fraction of sp³-hybridized carbons (Fsp3) is 0.250. The highest BCUT2D eigenvalue weighted by Gasteiger charge is 2.15. The zero-order valence-corrected chi connectivity index (χ0v) is 14.7. The molecule has 0 saturated heterocycles. The van der Waals surface area contributed by atoms with Gasteiger partial charge in [0.15, 0.2) is 0 Å². The highest BCUT2D eigenvalue weighted by Crippen LogP contribution is 2.26. The number of ether oxygens (including phenoxy) is 1. The highest BCUT2D eigenvalue weighted by molar-refractivity contribution is 5.94. The SMILES string of the molecule is CCCn1c(-c2ccc(C(=O)O)cc2)nc2cc(C(=O)OCC)ccc21. The maximum Gasteiger partial charge on any atom is 0.338 e. The topological polar surface area (TPSA) is 81.4 Å². The minimum atomic E-state index is -0.960. The molecule has 134 valence electrons. The van der Waals surface area contributed by atoms with Crippen LogP contribution < -0.4 is 0 Å². The zero-order chi connectivity index (χ0) is 18.7. The van der Waals surface area contributed by atoms with Gasteiger partial charge in [-0.2, -0.15) is 0 Å². The molecule has 0 spiro atoms. The second kappa shape index (κ2) is 7.39. The van der Waals surface area contributed by atoms with Crippen LogP contribution >= 0.6 is 0 Å². The predicted molar refractivity (Wildman–Crippen MR) is 98.4 cm³/mol. The molecule has 0 aliphatic carbocycles. The normalized spacial score (nSPS) is 10.8. The van der Waals surface area contributed by atoms with Gasteiger partial charge in [-0.1, -0.05) is 19.1 Å². The van der Waals surface area contributed by atoms with Crippen molar-refractivity contribution in [3.05, 3.63) is 53.6 Å². The zero-order valence-electron chi connectivity index (χ0n) is 14.7. The Morgan fingerprint density at radius 2 is 1.77 bits per heavy atom. The third-order valence-corrected chi connectivity index (χ3v) is 4.10. The summed E-state index contributed by atoms with van der Waals surface area (Å²) >= 11 is 0. The summed E-state index contributed by atoms with van der Waals surface area (Å²) < 4.78 is 7.14. The lowest BCUT2D eigenvalue weighted by Crippen LogP contribution is -2.04. The van der Waals surface area contributed by atoms with Crippen LogP contribution in [-0.4, -0.2) is 33.2 Å². The van der Waals surface area contributed by atoms with Gasteiger partial charge in [0.2, 0.25) is 0 Å². The maximum atomic E-state index is 12.0. The van der Waals surface area contributed by atoms with Gasteiger partial charge >= 0.3 is 11.9 Å². The van der Waals surface area contributed by atoms with E-state index < -0.39 is 5.97 Å². The lowest BCUT2D eigenvalue weighted by atomic mass is 10.1. The van der Waals surface area contributed by atoms with Crippen molar-refractivity contribution in [3.63, 3.8) is 0 Å². The van der Waals surface area contributed by atoms with Crippen molar-refractivity contribution >= 4 is 23.0 Å². The Kier molecular flexibility index (Phi) is 5.02. The Balaban J connectivity index is 2.10. The number of fused-ring (bicyclic) bond motifs is 1. The summed E-state index contributed by atoms with van der Waals surface area (Å²) in [5.41, 5.74) is 3.17. The molecule has 26 heavy (non-hydrogen) atoms. The average Bonchev–Trinajstić information content (AvgIpc) is 3.00. The monoisotopic (exact) mass is 352 g/mol. The van der Waals surface area contributed by atoms with Crippen LogP contribution in [0.4, 0.5) is 0 Å². The van der Waals surface area contributed by atoms with Crippen molar-refractivity contribution in [2.45, 2.75) is 26.8 Å². The van der Waals surface area contributed by atoms with Gasteiger partial charge < -0.3 is 14.4 Å². The molecule has 2 aromatic carbocycles. The number of aromatic nitrogens is 2. The van der Waals surface area contributed by atoms with Crippen molar-refractivity contribution in [1.29, 1.82) is 0 Å². The fourth-order valence-corrected chi connectivity index (χ4v) is 2.90. The van der Waals surface area contributed by atoms with E-state index in [2.05, 4.69) is 16.5 Å². The molecule has 0 aliphatic rings. The molecule has 0 aliphatic heterocycles. The summed E-state index contributed by atoms with van der Waals surface area (Å²) in [6.07, 6.45) is 0.922. The van der Waals surface area contributed by atoms with Crippen LogP contribution in [-0.2, 0) is 11.3 Å². The van der Waals surface area contributed by atoms with Gasteiger partial charge in [0.25, 0.3) is 0 Å². The quantitative estimate of drug-likeness (QED) is 0.679. The molecule has 1 aromatic heterocycles. The molecule has 0 atom stereocenters. The Morgan fingerprint density at radius 1 is 1.08 bits per heavy atom. The van der Waals surface area contributed by atoms with E-state index in [-0.39, 0.29) is 11.5 Å². The molecular formula is C20H20N2O4. The predicted octanol–water partition coefficient (Wildman–Crippen LogP) is 3.99. The summed E-state index contributed by atoms with van der Waals surface area (Å²) in [6.45, 7) is 4.94. The minimum absolute atomic E-state index is 0.233. The number of aromatic carboxylic acids is 1. The molecule has 3 rings (SSSR count). The Bertz CT molecular complexity index is 958. The van der Waals surface area contributed by atoms with Crippen LogP contribution in [0.15, 0.2) is 42.5 Å². The van der Waals surface area contributed by atoms with E-state index in [0.717, 1.165) is 29.9 Å². The fourth-order valence-electron chi connectivity index (χ4n) is 2.90. The minimum Gasteiger partial charge on any atom is -0.478 e. The molecular weight excluding hydrogens is 332 g/mol. The Hall–Kier alpha value is -3.15. The molecule has 6 nitrogen and oxygen atoms in total. The molecule has 0 unspecified atom stereocenters. The van der Waals surface area contributed by atoms with Crippen LogP contribution in [0.3, 0.4) is 0 Å². The molecule has 1 N–H and O–H groups in total. The number of carboxylic acids is 1. The van der Waals surface area contributed by atoms with Crippen LogP contribution in [0.25, 0.3) is 22.4 Å². The number of carbonyl (C=O) groups is 2. The van der Waals surface area contributed by atoms with E-state index >= 15 is 0 Å². The summed E-state index contributed by atoms with van der Waals surface area (Å²) in [6, 6.07) is 12.0. The van der Waals surface area contributed by atoms with E-state index in [0.29, 0.717) is 17.7 Å². The number of aryl methyl sites for hydroxylation is 1. The van der Waals surface area contributed by atoms with Gasteiger partial charge in [-0.15, -0.1) is 0 Å². The molecule has 3 aromatic rings. The van der Waals surface area contributed by atoms with Gasteiger partial charge in [-0.3, -0.25) is 0 Å². The average molecular weight is 352 g/mol. The first-order chi connectivity index (χ1) is 12.5. The number of imidazole rings is 1. The molecule has 0 saturated carbocycles. The summed E-state index contributed by atoms with van der Waals surface area (Å²) in [5.74, 6) is -0.579. The van der Waals surface area contributed by atoms with Gasteiger partial charge in [-0.25, -0.2) is 14.6 Å². The lowest BCUT2D eigenvalue weighted by molar-refractivity contribution is 0.0526. The third-order valence-electron chi connectivity index (χ3n) is 4.10. The van der Waals surface area contributed by atoms with E-state index in [9.17, 15) is 9.59 Å². The van der Waals surface area contributed by atoms with Gasteiger partial charge in [0, 0.05) is 12.1 Å². The number of carbonyl (C=O) groups excluding carboxylic acids is 1. The van der Waals surface area contributed by atoms with Crippen molar-refractivity contribution in [2.75, 3.05) is 6.61 Å². The number of rotatable bonds is 6. The Morgan fingerprint density at radius 3 is 2.38 bits per heavy atom. The largest absolute Gasteiger partial charge is 0.478 e. The van der Waals surface area contributed by atoms with E-state index in [4.69, 9.17) is 9.84 Å². The van der Waals surface area contributed by atoms with E-state index in [1.807, 2.05) is 6.07 Å². The van der Waals surface area contributed by atoms with E-state index in [1.165, 1.54) is 0 Å². The number of carboxylic acid groups (broad SMARTS) is 1. The summed E-state index contributed by atoms with van der Waals surface area (Å²) in [7, 11) is 0. The molecule has 0 fully saturated rings. The second-order valence-electron chi connectivity index (χ2n) is 5.89. The lowest BCUT2D eigenvalue weighted by Gasteiger charge is -2.08. The molecule has 6 heteroatoms. The number of hydrogen-bond donors (Lipinski definition) is 1. The van der Waals surface area contributed by atoms with Crippen LogP contribution in [0, 0.1) is 0 Å². The van der Waals surface area contributed by atoms with Crippen molar-refractivity contribution in [1.82, 2.24) is 9.55 Å². The number of esters is 1. The standard InChI is InChI=1S/C20H20N2O4/c1-3-11-22-17-10-9-15(20(25)26-4-2)12-16(17)21-18(22)13-5-7-14(8-6-13)19(23)24/h5-10,12H,3-4,11H2,1-2H3,(H,23,24). The first-order valence-corrected chi connectivity index (χ1v) is 8.56. The molecule has 0 radical (unpaired) electrons. The number of hydrogen-bond acceptors (Lipinski definition) is 4. The number of nitrogens with zero attached hydrogens (tertiary/aromatic N) is 2. The molecule has 1 heterocycles. The maximum absolute atomic E-state index is 12.0. The van der Waals surface area contributed by atoms with Gasteiger partial charge in [0.05, 0.1) is 28.8 Å². The molecule has 0 amide bonds. The second-order valence-corrected chi connectivity index (χ2v) is 5.89. The van der Waals surface area contributed by atoms with Crippen LogP contribution in [0.5, 0.6) is 0 Å². The van der Waals surface area contributed by atoms with Crippen molar-refractivity contribution < 1.29 is 19.4 Å². The molecule has 0 bridgehead atoms. The van der Waals surface area contributed by atoms with Gasteiger partial charge in [0.1, 0.15) is 5.82 Å². The first-order valence-electron chi connectivity index (χ1n) is 8.56. The smallest absolute Gasteiger partial charge is 0.338 e. The van der Waals surface area contributed by atoms with Crippen LogP contribution in [0.2, 0.25) is 0 Å². The van der Waals surface area contributed by atoms with Crippen LogP contribution in [0.1, 0.15) is 41.0 Å². The van der Waals surface area contributed by atoms with E-state index in [1.54, 1.807) is 43.3 Å². The third kappa shape index (κ3) is 3.31. The Labute approximate surface area is 151 Å². The number of benzene rings is 2. The first kappa shape index (κ1) is 17.7.